The number of hydrogen-bond donors (Lipinski definition) is 2. The van der Waals surface area contributed by atoms with E-state index in [9.17, 15) is 14.7 Å². The van der Waals surface area contributed by atoms with Crippen LogP contribution in [0.2, 0.25) is 0 Å². The molecule has 7 nitrogen and oxygen atoms in total. The minimum absolute atomic E-state index is 0.00363. The quantitative estimate of drug-likeness (QED) is 0.648. The molecule has 3 heterocycles. The predicted molar refractivity (Wildman–Crippen MR) is 106 cm³/mol. The van der Waals surface area contributed by atoms with Crippen molar-refractivity contribution in [2.24, 2.45) is 0 Å². The lowest BCUT2D eigenvalue weighted by molar-refractivity contribution is 0.0694. The zero-order valence-electron chi connectivity index (χ0n) is 15.6. The molecule has 29 heavy (non-hydrogen) atoms. The number of carbonyl (C=O) groups is 1. The average Bonchev–Trinajstić information content (AvgIpc) is 3.10. The van der Waals surface area contributed by atoms with E-state index in [0.717, 1.165) is 17.2 Å². The van der Waals surface area contributed by atoms with Gasteiger partial charge in [0, 0.05) is 25.0 Å². The number of ether oxygens (including phenoxy) is 1. The SMILES string of the molecule is CC1COc2c(N3Cc4cccc(N)c4C3)c(F)cc3c(=O)c(C(=O)O)cn1c23. The molecule has 3 aromatic rings. The molecule has 0 saturated carbocycles. The van der Waals surface area contributed by atoms with Gasteiger partial charge >= 0.3 is 5.97 Å². The highest BCUT2D eigenvalue weighted by molar-refractivity contribution is 5.97. The Labute approximate surface area is 164 Å². The highest BCUT2D eigenvalue weighted by atomic mass is 19.1. The standard InChI is InChI=1S/C21H18FN3O4/c1-10-9-29-20-17-12(19(26)14(21(27)28)8-25(10)17)5-15(22)18(20)24-6-11-3-2-4-16(23)13(11)7-24/h2-5,8,10H,6-7,9,23H2,1H3,(H,27,28). The predicted octanol–water partition coefficient (Wildman–Crippen LogP) is 2.89. The van der Waals surface area contributed by atoms with Crippen LogP contribution in [0.15, 0.2) is 35.3 Å². The normalized spacial score (nSPS) is 17.3. The van der Waals surface area contributed by atoms with E-state index in [-0.39, 0.29) is 35.0 Å². The van der Waals surface area contributed by atoms with Crippen LogP contribution >= 0.6 is 0 Å². The number of nitrogen functional groups attached to an aromatic ring is 1. The van der Waals surface area contributed by atoms with Crippen LogP contribution in [0.1, 0.15) is 34.5 Å². The van der Waals surface area contributed by atoms with Crippen molar-refractivity contribution >= 4 is 28.2 Å². The van der Waals surface area contributed by atoms with Crippen LogP contribution in [-0.2, 0) is 13.1 Å². The molecule has 1 atom stereocenters. The van der Waals surface area contributed by atoms with Crippen LogP contribution in [-0.4, -0.2) is 22.2 Å². The molecule has 3 N–H and O–H groups in total. The Balaban J connectivity index is 1.77. The average molecular weight is 395 g/mol. The second-order valence-corrected chi connectivity index (χ2v) is 7.52. The van der Waals surface area contributed by atoms with E-state index in [4.69, 9.17) is 10.5 Å². The zero-order valence-corrected chi connectivity index (χ0v) is 15.6. The Hall–Kier alpha value is -3.55. The summed E-state index contributed by atoms with van der Waals surface area (Å²) in [6.45, 7) is 2.98. The van der Waals surface area contributed by atoms with Gasteiger partial charge in [0.25, 0.3) is 0 Å². The molecule has 5 rings (SSSR count). The number of carboxylic acids is 1. The highest BCUT2D eigenvalue weighted by Crippen LogP contribution is 2.44. The lowest BCUT2D eigenvalue weighted by atomic mass is 10.1. The number of aromatic nitrogens is 1. The van der Waals surface area contributed by atoms with Crippen molar-refractivity contribution in [3.05, 3.63) is 63.2 Å². The number of carboxylic acid groups (broad SMARTS) is 1. The molecule has 0 radical (unpaired) electrons. The van der Waals surface area contributed by atoms with Gasteiger partial charge in [0.15, 0.2) is 11.6 Å². The first kappa shape index (κ1) is 17.5. The summed E-state index contributed by atoms with van der Waals surface area (Å²) in [4.78, 5) is 26.0. The minimum atomic E-state index is -1.34. The molecule has 0 bridgehead atoms. The van der Waals surface area contributed by atoms with Crippen LogP contribution in [0.4, 0.5) is 15.8 Å². The molecule has 0 fully saturated rings. The van der Waals surface area contributed by atoms with Gasteiger partial charge in [-0.05, 0) is 30.2 Å². The number of fused-ring (bicyclic) bond motifs is 1. The van der Waals surface area contributed by atoms with Gasteiger partial charge < -0.3 is 25.0 Å². The van der Waals surface area contributed by atoms with Crippen molar-refractivity contribution in [2.45, 2.75) is 26.1 Å². The maximum absolute atomic E-state index is 15.3. The number of benzene rings is 2. The third-order valence-corrected chi connectivity index (χ3v) is 5.71. The number of anilines is 2. The van der Waals surface area contributed by atoms with Crippen molar-refractivity contribution in [3.8, 4) is 5.75 Å². The van der Waals surface area contributed by atoms with Crippen molar-refractivity contribution in [3.63, 3.8) is 0 Å². The second-order valence-electron chi connectivity index (χ2n) is 7.52. The van der Waals surface area contributed by atoms with Gasteiger partial charge in [0.1, 0.15) is 17.9 Å². The summed E-state index contributed by atoms with van der Waals surface area (Å²) in [6, 6.07) is 6.54. The van der Waals surface area contributed by atoms with Gasteiger partial charge in [0.05, 0.1) is 16.9 Å². The molecule has 0 spiro atoms. The van der Waals surface area contributed by atoms with Crippen molar-refractivity contribution in [1.82, 2.24) is 4.57 Å². The molecular formula is C21H18FN3O4. The summed E-state index contributed by atoms with van der Waals surface area (Å²) in [5, 5.41) is 9.39. The molecule has 2 aromatic carbocycles. The summed E-state index contributed by atoms with van der Waals surface area (Å²) in [7, 11) is 0. The molecule has 8 heteroatoms. The largest absolute Gasteiger partial charge is 0.487 e. The molecule has 1 aromatic heterocycles. The summed E-state index contributed by atoms with van der Waals surface area (Å²) in [6.07, 6.45) is 1.32. The monoisotopic (exact) mass is 395 g/mol. The van der Waals surface area contributed by atoms with E-state index >= 15 is 4.39 Å². The molecule has 148 valence electrons. The smallest absolute Gasteiger partial charge is 0.341 e. The summed E-state index contributed by atoms with van der Waals surface area (Å²) < 4.78 is 22.9. The van der Waals surface area contributed by atoms with E-state index in [1.165, 1.54) is 6.20 Å². The zero-order chi connectivity index (χ0) is 20.4. The summed E-state index contributed by atoms with van der Waals surface area (Å²) in [5.41, 5.74) is 8.26. The first-order valence-corrected chi connectivity index (χ1v) is 9.25. The molecular weight excluding hydrogens is 377 g/mol. The molecule has 1 unspecified atom stereocenters. The molecule has 2 aliphatic heterocycles. The van der Waals surface area contributed by atoms with E-state index in [0.29, 0.717) is 24.3 Å². The minimum Gasteiger partial charge on any atom is -0.487 e. The van der Waals surface area contributed by atoms with E-state index in [1.807, 2.05) is 30.0 Å². The van der Waals surface area contributed by atoms with E-state index < -0.39 is 17.2 Å². The van der Waals surface area contributed by atoms with Gasteiger partial charge in [-0.2, -0.15) is 0 Å². The maximum Gasteiger partial charge on any atom is 0.341 e. The van der Waals surface area contributed by atoms with Gasteiger partial charge in [-0.1, -0.05) is 12.1 Å². The van der Waals surface area contributed by atoms with E-state index in [1.54, 1.807) is 4.57 Å². The topological polar surface area (TPSA) is 97.8 Å². The Kier molecular flexibility index (Phi) is 3.61. The second kappa shape index (κ2) is 5.97. The van der Waals surface area contributed by atoms with Gasteiger partial charge in [-0.15, -0.1) is 0 Å². The van der Waals surface area contributed by atoms with Crippen LogP contribution in [0.5, 0.6) is 5.75 Å². The van der Waals surface area contributed by atoms with Crippen LogP contribution < -0.4 is 20.8 Å². The van der Waals surface area contributed by atoms with E-state index in [2.05, 4.69) is 0 Å². The number of hydrogen-bond acceptors (Lipinski definition) is 5. The maximum atomic E-state index is 15.3. The third kappa shape index (κ3) is 2.41. The van der Waals surface area contributed by atoms with Crippen molar-refractivity contribution in [2.75, 3.05) is 17.2 Å². The summed E-state index contributed by atoms with van der Waals surface area (Å²) in [5.74, 6) is -1.70. The fourth-order valence-electron chi connectivity index (χ4n) is 4.26. The summed E-state index contributed by atoms with van der Waals surface area (Å²) >= 11 is 0. The third-order valence-electron chi connectivity index (χ3n) is 5.71. The molecule has 0 amide bonds. The Bertz CT molecular complexity index is 1270. The first-order chi connectivity index (χ1) is 13.9. The van der Waals surface area contributed by atoms with Gasteiger partial charge in [-0.3, -0.25) is 4.79 Å². The van der Waals surface area contributed by atoms with Crippen molar-refractivity contribution < 1.29 is 19.0 Å². The highest BCUT2D eigenvalue weighted by Gasteiger charge is 2.32. The number of rotatable bonds is 2. The lowest BCUT2D eigenvalue weighted by Crippen LogP contribution is -2.28. The molecule has 2 aliphatic rings. The number of aromatic carboxylic acids is 1. The fraction of sp³-hybridized carbons (Fsp3) is 0.238. The number of pyridine rings is 1. The fourth-order valence-corrected chi connectivity index (χ4v) is 4.26. The Morgan fingerprint density at radius 3 is 2.86 bits per heavy atom. The molecule has 0 saturated heterocycles. The Morgan fingerprint density at radius 2 is 2.14 bits per heavy atom. The number of nitrogens with zero attached hydrogens (tertiary/aromatic N) is 2. The van der Waals surface area contributed by atoms with Gasteiger partial charge in [-0.25, -0.2) is 9.18 Å². The number of halogens is 1. The lowest BCUT2D eigenvalue weighted by Gasteiger charge is -2.31. The molecule has 0 aliphatic carbocycles. The van der Waals surface area contributed by atoms with Crippen LogP contribution in [0.3, 0.4) is 0 Å². The number of nitrogens with two attached hydrogens (primary N) is 1. The van der Waals surface area contributed by atoms with Gasteiger partial charge in [0.2, 0.25) is 5.43 Å². The van der Waals surface area contributed by atoms with Crippen molar-refractivity contribution in [1.29, 1.82) is 0 Å². The van der Waals surface area contributed by atoms with Crippen LogP contribution in [0.25, 0.3) is 10.9 Å². The van der Waals surface area contributed by atoms with Crippen LogP contribution in [0, 0.1) is 5.82 Å². The Morgan fingerprint density at radius 1 is 1.34 bits per heavy atom. The first-order valence-electron chi connectivity index (χ1n) is 9.25.